The number of aliphatic carboxylic acids is 1. The second-order valence-corrected chi connectivity index (χ2v) is 9.60. The van der Waals surface area contributed by atoms with Crippen LogP contribution in [0, 0.1) is 5.92 Å². The second-order valence-electron chi connectivity index (χ2n) is 8.54. The van der Waals surface area contributed by atoms with E-state index in [9.17, 15) is 9.59 Å². The van der Waals surface area contributed by atoms with Crippen molar-refractivity contribution >= 4 is 28.3 Å². The average molecular weight is 460 g/mol. The van der Waals surface area contributed by atoms with Crippen LogP contribution in [-0.4, -0.2) is 46.5 Å². The number of ether oxygens (including phenoxy) is 2. The molecular formula is C23H29N3O5S. The van der Waals surface area contributed by atoms with E-state index in [4.69, 9.17) is 14.6 Å². The Morgan fingerprint density at radius 1 is 1.12 bits per heavy atom. The smallest absolute Gasteiger partial charge is 0.303 e. The Balaban J connectivity index is 1.23. The number of carbonyl (C=O) groups excluding carboxylic acids is 1. The molecule has 1 amide bonds. The van der Waals surface area contributed by atoms with Crippen LogP contribution in [0.15, 0.2) is 24.3 Å². The third-order valence-corrected chi connectivity index (χ3v) is 7.01. The minimum absolute atomic E-state index is 0.171. The Morgan fingerprint density at radius 3 is 2.59 bits per heavy atom. The van der Waals surface area contributed by atoms with E-state index >= 15 is 0 Å². The van der Waals surface area contributed by atoms with Crippen LogP contribution < -0.4 is 5.32 Å². The number of rotatable bonds is 9. The SMILES string of the molecule is O=C(O)CC1CCC(c2ccc(C(=O)Nc3nnc(COCC4CCCO4)s3)cc2)CC1. The van der Waals surface area contributed by atoms with Gasteiger partial charge in [0.05, 0.1) is 12.7 Å². The lowest BCUT2D eigenvalue weighted by molar-refractivity contribution is -0.138. The Bertz CT molecular complexity index is 903. The minimum atomic E-state index is -0.711. The fraction of sp³-hybridized carbons (Fsp3) is 0.565. The number of carboxylic acid groups (broad SMARTS) is 1. The normalized spacial score (nSPS) is 23.2. The van der Waals surface area contributed by atoms with Gasteiger partial charge in [-0.2, -0.15) is 0 Å². The van der Waals surface area contributed by atoms with E-state index < -0.39 is 5.97 Å². The van der Waals surface area contributed by atoms with Crippen LogP contribution in [0.5, 0.6) is 0 Å². The number of nitrogens with zero attached hydrogens (tertiary/aromatic N) is 2. The van der Waals surface area contributed by atoms with Gasteiger partial charge in [0, 0.05) is 18.6 Å². The molecule has 1 saturated heterocycles. The number of carboxylic acids is 1. The molecule has 2 N–H and O–H groups in total. The fourth-order valence-corrected chi connectivity index (χ4v) is 5.11. The number of benzene rings is 1. The van der Waals surface area contributed by atoms with Crippen molar-refractivity contribution in [3.05, 3.63) is 40.4 Å². The van der Waals surface area contributed by atoms with Gasteiger partial charge in [0.1, 0.15) is 11.6 Å². The van der Waals surface area contributed by atoms with Crippen LogP contribution in [0.1, 0.15) is 71.8 Å². The molecule has 172 valence electrons. The molecule has 32 heavy (non-hydrogen) atoms. The molecule has 2 aromatic rings. The van der Waals surface area contributed by atoms with E-state index in [0.29, 0.717) is 34.8 Å². The Labute approximate surface area is 191 Å². The molecule has 1 aromatic heterocycles. The standard InChI is InChI=1S/C23H29N3O5S/c27-21(28)12-15-3-5-16(6-4-15)17-7-9-18(10-8-17)22(29)24-23-26-25-20(32-23)14-30-13-19-2-1-11-31-19/h7-10,15-16,19H,1-6,11-14H2,(H,27,28)(H,24,26,29). The van der Waals surface area contributed by atoms with Crippen LogP contribution in [0.4, 0.5) is 5.13 Å². The highest BCUT2D eigenvalue weighted by Crippen LogP contribution is 2.37. The van der Waals surface area contributed by atoms with Crippen molar-refractivity contribution in [2.24, 2.45) is 5.92 Å². The van der Waals surface area contributed by atoms with Crippen LogP contribution in [0.25, 0.3) is 0 Å². The summed E-state index contributed by atoms with van der Waals surface area (Å²) in [7, 11) is 0. The van der Waals surface area contributed by atoms with Gasteiger partial charge in [0.2, 0.25) is 5.13 Å². The third kappa shape index (κ3) is 6.34. The van der Waals surface area contributed by atoms with Crippen molar-refractivity contribution in [1.82, 2.24) is 10.2 Å². The topological polar surface area (TPSA) is 111 Å². The monoisotopic (exact) mass is 459 g/mol. The van der Waals surface area contributed by atoms with Crippen LogP contribution >= 0.6 is 11.3 Å². The van der Waals surface area contributed by atoms with Gasteiger partial charge in [-0.15, -0.1) is 10.2 Å². The summed E-state index contributed by atoms with van der Waals surface area (Å²) in [5.41, 5.74) is 1.77. The van der Waals surface area contributed by atoms with E-state index in [1.807, 2.05) is 24.3 Å². The van der Waals surface area contributed by atoms with E-state index in [-0.39, 0.29) is 24.3 Å². The molecule has 2 heterocycles. The summed E-state index contributed by atoms with van der Waals surface area (Å²) < 4.78 is 11.2. The van der Waals surface area contributed by atoms with Crippen molar-refractivity contribution in [1.29, 1.82) is 0 Å². The number of carbonyl (C=O) groups is 2. The first-order valence-corrected chi connectivity index (χ1v) is 12.0. The van der Waals surface area contributed by atoms with Gasteiger partial charge in [-0.1, -0.05) is 23.5 Å². The number of aromatic nitrogens is 2. The van der Waals surface area contributed by atoms with Crippen LogP contribution in [0.2, 0.25) is 0 Å². The maximum atomic E-state index is 12.6. The minimum Gasteiger partial charge on any atom is -0.481 e. The zero-order valence-electron chi connectivity index (χ0n) is 18.0. The predicted molar refractivity (Wildman–Crippen MR) is 120 cm³/mol. The summed E-state index contributed by atoms with van der Waals surface area (Å²) in [6.07, 6.45) is 6.41. The van der Waals surface area contributed by atoms with Gasteiger partial charge in [-0.05, 0) is 68.1 Å². The highest BCUT2D eigenvalue weighted by atomic mass is 32.1. The Morgan fingerprint density at radius 2 is 1.91 bits per heavy atom. The van der Waals surface area contributed by atoms with E-state index in [0.717, 1.165) is 45.1 Å². The molecule has 1 aromatic carbocycles. The lowest BCUT2D eigenvalue weighted by atomic mass is 9.77. The first-order valence-electron chi connectivity index (χ1n) is 11.2. The van der Waals surface area contributed by atoms with E-state index in [2.05, 4.69) is 15.5 Å². The Hall–Kier alpha value is -2.36. The van der Waals surface area contributed by atoms with Crippen LogP contribution in [0.3, 0.4) is 0 Å². The zero-order valence-corrected chi connectivity index (χ0v) is 18.8. The molecule has 1 aliphatic heterocycles. The van der Waals surface area contributed by atoms with Crippen molar-refractivity contribution in [2.45, 2.75) is 63.6 Å². The molecule has 2 fully saturated rings. The molecule has 0 spiro atoms. The van der Waals surface area contributed by atoms with Gasteiger partial charge in [0.25, 0.3) is 5.91 Å². The molecule has 4 rings (SSSR count). The Kier molecular flexibility index (Phi) is 7.83. The molecule has 0 radical (unpaired) electrons. The van der Waals surface area contributed by atoms with Gasteiger partial charge in [-0.25, -0.2) is 0 Å². The molecule has 1 saturated carbocycles. The molecule has 8 nitrogen and oxygen atoms in total. The van der Waals surface area contributed by atoms with Gasteiger partial charge >= 0.3 is 5.97 Å². The average Bonchev–Trinajstić information content (AvgIpc) is 3.46. The largest absolute Gasteiger partial charge is 0.481 e. The summed E-state index contributed by atoms with van der Waals surface area (Å²) in [6, 6.07) is 7.67. The van der Waals surface area contributed by atoms with Gasteiger partial charge in [0.15, 0.2) is 0 Å². The first kappa shape index (κ1) is 22.8. The highest BCUT2D eigenvalue weighted by Gasteiger charge is 2.24. The van der Waals surface area contributed by atoms with Crippen molar-refractivity contribution in [3.63, 3.8) is 0 Å². The molecular weight excluding hydrogens is 430 g/mol. The fourth-order valence-electron chi connectivity index (χ4n) is 4.44. The number of anilines is 1. The third-order valence-electron chi connectivity index (χ3n) is 6.19. The van der Waals surface area contributed by atoms with Gasteiger partial charge in [-0.3, -0.25) is 14.9 Å². The van der Waals surface area contributed by atoms with Crippen molar-refractivity contribution in [2.75, 3.05) is 18.5 Å². The second kappa shape index (κ2) is 11.0. The quantitative estimate of drug-likeness (QED) is 0.577. The summed E-state index contributed by atoms with van der Waals surface area (Å²) in [4.78, 5) is 23.5. The maximum absolute atomic E-state index is 12.6. The lowest BCUT2D eigenvalue weighted by Gasteiger charge is -2.28. The zero-order chi connectivity index (χ0) is 22.3. The number of hydrogen-bond donors (Lipinski definition) is 2. The molecule has 2 aliphatic rings. The molecule has 9 heteroatoms. The molecule has 1 unspecified atom stereocenters. The summed E-state index contributed by atoms with van der Waals surface area (Å²) >= 11 is 1.31. The lowest BCUT2D eigenvalue weighted by Crippen LogP contribution is -2.16. The maximum Gasteiger partial charge on any atom is 0.303 e. The highest BCUT2D eigenvalue weighted by molar-refractivity contribution is 7.15. The van der Waals surface area contributed by atoms with Crippen molar-refractivity contribution < 1.29 is 24.2 Å². The summed E-state index contributed by atoms with van der Waals surface area (Å²) in [6.45, 7) is 1.71. The van der Waals surface area contributed by atoms with Crippen LogP contribution in [-0.2, 0) is 20.9 Å². The van der Waals surface area contributed by atoms with Gasteiger partial charge < -0.3 is 14.6 Å². The predicted octanol–water partition coefficient (Wildman–Crippen LogP) is 4.23. The number of amides is 1. The molecule has 1 aliphatic carbocycles. The summed E-state index contributed by atoms with van der Waals surface area (Å²) in [5, 5.41) is 21.0. The van der Waals surface area contributed by atoms with E-state index in [1.165, 1.54) is 16.9 Å². The molecule has 0 bridgehead atoms. The summed E-state index contributed by atoms with van der Waals surface area (Å²) in [5.74, 6) is -0.216. The first-order chi connectivity index (χ1) is 15.6. The van der Waals surface area contributed by atoms with E-state index in [1.54, 1.807) is 0 Å². The van der Waals surface area contributed by atoms with Crippen molar-refractivity contribution in [3.8, 4) is 0 Å². The number of hydrogen-bond acceptors (Lipinski definition) is 7. The number of nitrogens with one attached hydrogen (secondary N) is 1. The molecule has 1 atom stereocenters.